The maximum Gasteiger partial charge on any atom is 0.319 e. The fourth-order valence-corrected chi connectivity index (χ4v) is 1.72. The zero-order valence-electron chi connectivity index (χ0n) is 12.9. The molecule has 1 unspecified atom stereocenters. The Kier molecular flexibility index (Phi) is 6.30. The Morgan fingerprint density at radius 3 is 2.67 bits per heavy atom. The van der Waals surface area contributed by atoms with Crippen molar-refractivity contribution in [2.24, 2.45) is 5.92 Å². The van der Waals surface area contributed by atoms with E-state index in [0.717, 1.165) is 0 Å². The number of benzene rings is 1. The molecular formula is C15H23ClN2O3. The van der Waals surface area contributed by atoms with Crippen molar-refractivity contribution in [1.29, 1.82) is 0 Å². The van der Waals surface area contributed by atoms with Crippen LogP contribution in [0.1, 0.15) is 27.7 Å². The lowest BCUT2D eigenvalue weighted by Crippen LogP contribution is -2.45. The zero-order chi connectivity index (χ0) is 16.0. The molecule has 0 spiro atoms. The van der Waals surface area contributed by atoms with Gasteiger partial charge in [-0.1, -0.05) is 25.4 Å². The van der Waals surface area contributed by atoms with Crippen LogP contribution in [0.15, 0.2) is 18.2 Å². The van der Waals surface area contributed by atoms with Crippen LogP contribution >= 0.6 is 11.6 Å². The highest BCUT2D eigenvalue weighted by molar-refractivity contribution is 6.32. The molecule has 0 radical (unpaired) electrons. The first-order valence-electron chi connectivity index (χ1n) is 6.96. The van der Waals surface area contributed by atoms with Crippen LogP contribution in [-0.2, 0) is 0 Å². The summed E-state index contributed by atoms with van der Waals surface area (Å²) in [5.41, 5.74) is -0.390. The Balaban J connectivity index is 2.57. The van der Waals surface area contributed by atoms with E-state index in [1.807, 2.05) is 20.8 Å². The van der Waals surface area contributed by atoms with Crippen LogP contribution in [0.3, 0.4) is 0 Å². The van der Waals surface area contributed by atoms with Gasteiger partial charge in [-0.25, -0.2) is 4.79 Å². The molecule has 3 N–H and O–H groups in total. The van der Waals surface area contributed by atoms with Gasteiger partial charge < -0.3 is 20.5 Å². The molecule has 0 aliphatic carbocycles. The number of hydrogen-bond acceptors (Lipinski definition) is 3. The lowest BCUT2D eigenvalue weighted by molar-refractivity contribution is 0.0170. The molecule has 1 aromatic rings. The second-order valence-electron chi connectivity index (χ2n) is 5.40. The van der Waals surface area contributed by atoms with Crippen LogP contribution in [0, 0.1) is 5.92 Å². The highest BCUT2D eigenvalue weighted by Crippen LogP contribution is 2.27. The molecule has 1 aromatic carbocycles. The van der Waals surface area contributed by atoms with Gasteiger partial charge in [0.25, 0.3) is 0 Å². The van der Waals surface area contributed by atoms with Crippen LogP contribution in [0.5, 0.6) is 5.75 Å². The number of carbonyl (C=O) groups excluding carboxylic acids is 1. The van der Waals surface area contributed by atoms with Crippen molar-refractivity contribution in [3.63, 3.8) is 0 Å². The van der Waals surface area contributed by atoms with E-state index < -0.39 is 11.6 Å². The van der Waals surface area contributed by atoms with Crippen molar-refractivity contribution in [2.75, 3.05) is 18.5 Å². The summed E-state index contributed by atoms with van der Waals surface area (Å²) in [5.74, 6) is 0.616. The molecule has 0 aromatic heterocycles. The summed E-state index contributed by atoms with van der Waals surface area (Å²) < 4.78 is 5.32. The molecule has 1 atom stereocenters. The van der Waals surface area contributed by atoms with E-state index in [0.29, 0.717) is 23.1 Å². The summed E-state index contributed by atoms with van der Waals surface area (Å²) in [6.45, 7) is 8.04. The second-order valence-corrected chi connectivity index (χ2v) is 5.80. The van der Waals surface area contributed by atoms with Crippen LogP contribution in [0.25, 0.3) is 0 Å². The first-order chi connectivity index (χ1) is 9.76. The fraction of sp³-hybridized carbons (Fsp3) is 0.533. The van der Waals surface area contributed by atoms with Crippen molar-refractivity contribution in [3.05, 3.63) is 23.2 Å². The van der Waals surface area contributed by atoms with Gasteiger partial charge in [0.05, 0.1) is 17.2 Å². The molecule has 21 heavy (non-hydrogen) atoms. The molecule has 0 aliphatic rings. The highest BCUT2D eigenvalue weighted by atomic mass is 35.5. The number of nitrogens with one attached hydrogen (secondary N) is 2. The van der Waals surface area contributed by atoms with Crippen molar-refractivity contribution >= 4 is 23.3 Å². The third kappa shape index (κ3) is 5.44. The van der Waals surface area contributed by atoms with E-state index in [-0.39, 0.29) is 12.5 Å². The normalized spacial score (nSPS) is 13.7. The number of carbonyl (C=O) groups is 1. The van der Waals surface area contributed by atoms with E-state index in [4.69, 9.17) is 16.3 Å². The minimum Gasteiger partial charge on any atom is -0.492 e. The van der Waals surface area contributed by atoms with E-state index in [1.54, 1.807) is 25.1 Å². The average molecular weight is 315 g/mol. The monoisotopic (exact) mass is 314 g/mol. The van der Waals surface area contributed by atoms with Crippen LogP contribution < -0.4 is 15.4 Å². The SMILES string of the molecule is CCOc1ccc(NC(=O)NCC(C)(O)C(C)C)cc1Cl. The quantitative estimate of drug-likeness (QED) is 0.754. The average Bonchev–Trinajstić information content (AvgIpc) is 2.40. The van der Waals surface area contributed by atoms with Gasteiger partial charge >= 0.3 is 6.03 Å². The third-order valence-corrected chi connectivity index (χ3v) is 3.64. The molecule has 0 saturated carbocycles. The Morgan fingerprint density at radius 2 is 2.14 bits per heavy atom. The van der Waals surface area contributed by atoms with Gasteiger partial charge in [-0.15, -0.1) is 0 Å². The Hall–Kier alpha value is -1.46. The number of amides is 2. The zero-order valence-corrected chi connectivity index (χ0v) is 13.6. The van der Waals surface area contributed by atoms with Crippen LogP contribution in [0.2, 0.25) is 5.02 Å². The van der Waals surface area contributed by atoms with Crippen LogP contribution in [-0.4, -0.2) is 29.9 Å². The number of rotatable bonds is 6. The molecule has 0 aliphatic heterocycles. The number of anilines is 1. The molecule has 1 rings (SSSR count). The van der Waals surface area contributed by atoms with Gasteiger partial charge in [0, 0.05) is 12.2 Å². The summed E-state index contributed by atoms with van der Waals surface area (Å²) in [7, 11) is 0. The molecule has 0 bridgehead atoms. The maximum absolute atomic E-state index is 11.8. The van der Waals surface area contributed by atoms with E-state index >= 15 is 0 Å². The van der Waals surface area contributed by atoms with Crippen molar-refractivity contribution in [3.8, 4) is 5.75 Å². The summed E-state index contributed by atoms with van der Waals surface area (Å²) >= 11 is 6.05. The van der Waals surface area contributed by atoms with E-state index in [2.05, 4.69) is 10.6 Å². The molecule has 2 amide bonds. The largest absolute Gasteiger partial charge is 0.492 e. The van der Waals surface area contributed by atoms with Gasteiger partial charge in [-0.3, -0.25) is 0 Å². The van der Waals surface area contributed by atoms with Gasteiger partial charge in [-0.05, 0) is 38.0 Å². The van der Waals surface area contributed by atoms with Gasteiger partial charge in [-0.2, -0.15) is 0 Å². The van der Waals surface area contributed by atoms with Crippen molar-refractivity contribution in [1.82, 2.24) is 5.32 Å². The Labute approximate surface area is 130 Å². The Morgan fingerprint density at radius 1 is 1.48 bits per heavy atom. The fourth-order valence-electron chi connectivity index (χ4n) is 1.49. The van der Waals surface area contributed by atoms with Crippen LogP contribution in [0.4, 0.5) is 10.5 Å². The van der Waals surface area contributed by atoms with Crippen molar-refractivity contribution < 1.29 is 14.6 Å². The van der Waals surface area contributed by atoms with Gasteiger partial charge in [0.15, 0.2) is 0 Å². The first kappa shape index (κ1) is 17.6. The minimum absolute atomic E-state index is 0.0396. The van der Waals surface area contributed by atoms with Crippen molar-refractivity contribution in [2.45, 2.75) is 33.3 Å². The standard InChI is InChI=1S/C15H23ClN2O3/c1-5-21-13-7-6-11(8-12(13)16)18-14(19)17-9-15(4,20)10(2)3/h6-8,10,20H,5,9H2,1-4H3,(H2,17,18,19). The number of ether oxygens (including phenoxy) is 1. The second kappa shape index (κ2) is 7.52. The highest BCUT2D eigenvalue weighted by Gasteiger charge is 2.25. The minimum atomic E-state index is -0.951. The lowest BCUT2D eigenvalue weighted by Gasteiger charge is -2.27. The predicted molar refractivity (Wildman–Crippen MR) is 85.1 cm³/mol. The van der Waals surface area contributed by atoms with Gasteiger partial charge in [0.2, 0.25) is 0 Å². The van der Waals surface area contributed by atoms with E-state index in [9.17, 15) is 9.90 Å². The molecular weight excluding hydrogens is 292 g/mol. The maximum atomic E-state index is 11.8. The topological polar surface area (TPSA) is 70.6 Å². The third-order valence-electron chi connectivity index (χ3n) is 3.34. The van der Waals surface area contributed by atoms with E-state index in [1.165, 1.54) is 0 Å². The first-order valence-corrected chi connectivity index (χ1v) is 7.33. The molecule has 0 saturated heterocycles. The smallest absolute Gasteiger partial charge is 0.319 e. The number of halogens is 1. The molecule has 0 fully saturated rings. The Bertz CT molecular complexity index is 490. The number of hydrogen-bond donors (Lipinski definition) is 3. The number of aliphatic hydroxyl groups is 1. The lowest BCUT2D eigenvalue weighted by atomic mass is 9.93. The molecule has 6 heteroatoms. The molecule has 118 valence electrons. The predicted octanol–water partition coefficient (Wildman–Crippen LogP) is 3.27. The summed E-state index contributed by atoms with van der Waals surface area (Å²) in [4.78, 5) is 11.8. The summed E-state index contributed by atoms with van der Waals surface area (Å²) in [6, 6.07) is 4.63. The number of urea groups is 1. The molecule has 0 heterocycles. The summed E-state index contributed by atoms with van der Waals surface area (Å²) in [5, 5.41) is 15.8. The molecule has 5 nitrogen and oxygen atoms in total. The summed E-state index contributed by atoms with van der Waals surface area (Å²) in [6.07, 6.45) is 0. The van der Waals surface area contributed by atoms with Gasteiger partial charge in [0.1, 0.15) is 5.75 Å².